The first-order valence-corrected chi connectivity index (χ1v) is 28.2. The molecule has 74 heavy (non-hydrogen) atoms. The SMILES string of the molecule is CC/C=C\C/C=C\C/C=C\C/C=C\C/C=C\C/C=C\CCC(=O)OC(COC(=O)C/C=C\C/C=C\C/C=C\C/C=C\C/C=C\CC)COP(=O)(O)OCC(CO)OC(=O)CC/C=C\C/C=C\C/C=C\C/C=C\CC. The van der Waals surface area contributed by atoms with Crippen LogP contribution in [0.4, 0.5) is 0 Å². The van der Waals surface area contributed by atoms with Crippen molar-refractivity contribution >= 4 is 25.7 Å². The number of esters is 3. The fraction of sp³-hybridized carbons (Fsp3) is 0.468. The van der Waals surface area contributed by atoms with Crippen molar-refractivity contribution in [1.29, 1.82) is 0 Å². The summed E-state index contributed by atoms with van der Waals surface area (Å²) in [5.41, 5.74) is 0. The summed E-state index contributed by atoms with van der Waals surface area (Å²) < 4.78 is 39.1. The predicted molar refractivity (Wildman–Crippen MR) is 306 cm³/mol. The first-order valence-electron chi connectivity index (χ1n) is 26.7. The monoisotopic (exact) mass is 1040 g/mol. The van der Waals surface area contributed by atoms with Gasteiger partial charge >= 0.3 is 25.7 Å². The Hall–Kier alpha value is -5.42. The van der Waals surface area contributed by atoms with E-state index >= 15 is 0 Å². The summed E-state index contributed by atoms with van der Waals surface area (Å²) in [5.74, 6) is -1.84. The smallest absolute Gasteiger partial charge is 0.461 e. The molecule has 0 aliphatic carbocycles. The molecule has 0 aromatic heterocycles. The van der Waals surface area contributed by atoms with Gasteiger partial charge in [-0.2, -0.15) is 0 Å². The van der Waals surface area contributed by atoms with Crippen LogP contribution in [0.3, 0.4) is 0 Å². The van der Waals surface area contributed by atoms with Gasteiger partial charge in [0, 0.05) is 12.8 Å². The number of aliphatic hydroxyl groups is 1. The molecule has 0 rings (SSSR count). The van der Waals surface area contributed by atoms with Gasteiger partial charge in [-0.3, -0.25) is 23.4 Å². The Morgan fingerprint density at radius 2 is 0.649 bits per heavy atom. The van der Waals surface area contributed by atoms with Crippen LogP contribution in [0.25, 0.3) is 0 Å². The summed E-state index contributed by atoms with van der Waals surface area (Å²) >= 11 is 0. The maximum atomic E-state index is 12.9. The topological polar surface area (TPSA) is 155 Å². The van der Waals surface area contributed by atoms with E-state index in [4.69, 9.17) is 23.3 Å². The molecule has 3 unspecified atom stereocenters. The van der Waals surface area contributed by atoms with Crippen molar-refractivity contribution in [2.75, 3.05) is 26.4 Å². The van der Waals surface area contributed by atoms with Crippen molar-refractivity contribution in [1.82, 2.24) is 0 Å². The zero-order valence-corrected chi connectivity index (χ0v) is 45.9. The van der Waals surface area contributed by atoms with E-state index in [0.717, 1.165) is 83.5 Å². The van der Waals surface area contributed by atoms with Crippen LogP contribution >= 0.6 is 7.82 Å². The number of rotatable bonds is 46. The molecular weight excluding hydrogens is 952 g/mol. The molecule has 410 valence electrons. The standard InChI is InChI=1S/C62H91O11P/c1-4-7-10-13-16-19-22-25-27-28-29-30-32-35-38-41-44-47-50-53-62(66)73-59(55-69-60(64)51-48-45-42-39-36-34-31-26-23-20-17-14-11-8-5-2)57-71-74(67,68)70-56-58(54-63)72-61(65)52-49-46-43-40-37-33-24-21-18-15-12-9-6-3/h7-12,16-21,25-27,29-31,33,35-39,43-48,58-59,63H,4-6,13-15,22-24,28,32,34,40-42,49-57H2,1-3H3,(H,67,68)/b10-7-,11-8-,12-9-,19-16-,20-17-,21-18-,27-25-,30-29-,31-26-,37-33-,38-35-,39-36-,46-43-,47-44-,48-45-. The van der Waals surface area contributed by atoms with Crippen molar-refractivity contribution in [3.63, 3.8) is 0 Å². The van der Waals surface area contributed by atoms with Crippen LogP contribution in [0.5, 0.6) is 0 Å². The van der Waals surface area contributed by atoms with Gasteiger partial charge in [-0.05, 0) is 109 Å². The van der Waals surface area contributed by atoms with Crippen LogP contribution < -0.4 is 0 Å². The van der Waals surface area contributed by atoms with Gasteiger partial charge in [0.1, 0.15) is 12.7 Å². The molecule has 11 nitrogen and oxygen atoms in total. The molecule has 0 bridgehead atoms. The molecule has 2 N–H and O–H groups in total. The molecule has 0 spiro atoms. The number of phosphoric acid groups is 1. The Balaban J connectivity index is 5.07. The third-order valence-electron chi connectivity index (χ3n) is 9.87. The Kier molecular flexibility index (Phi) is 49.9. The van der Waals surface area contributed by atoms with Crippen molar-refractivity contribution < 1.29 is 52.2 Å². The summed E-state index contributed by atoms with van der Waals surface area (Å²) in [5, 5.41) is 9.77. The van der Waals surface area contributed by atoms with Crippen molar-refractivity contribution in [3.05, 3.63) is 182 Å². The summed E-state index contributed by atoms with van der Waals surface area (Å²) in [6, 6.07) is 0. The highest BCUT2D eigenvalue weighted by Crippen LogP contribution is 2.43. The van der Waals surface area contributed by atoms with Gasteiger partial charge < -0.3 is 24.2 Å². The largest absolute Gasteiger partial charge is 0.472 e. The molecule has 0 aliphatic rings. The van der Waals surface area contributed by atoms with Crippen LogP contribution in [-0.2, 0) is 42.2 Å². The van der Waals surface area contributed by atoms with E-state index in [2.05, 4.69) is 142 Å². The second-order valence-electron chi connectivity index (χ2n) is 16.6. The number of phosphoric ester groups is 1. The van der Waals surface area contributed by atoms with Crippen LogP contribution in [-0.4, -0.2) is 66.5 Å². The molecule has 0 aliphatic heterocycles. The van der Waals surface area contributed by atoms with Crippen LogP contribution in [0.15, 0.2) is 182 Å². The number of carbonyl (C=O) groups excluding carboxylic acids is 3. The number of carbonyl (C=O) groups is 3. The first-order chi connectivity index (χ1) is 36.2. The van der Waals surface area contributed by atoms with E-state index in [1.807, 2.05) is 54.7 Å². The molecule has 3 atom stereocenters. The van der Waals surface area contributed by atoms with E-state index in [9.17, 15) is 28.9 Å². The minimum absolute atomic E-state index is 0.00572. The van der Waals surface area contributed by atoms with Crippen LogP contribution in [0.1, 0.15) is 149 Å². The molecule has 0 aromatic carbocycles. The Bertz CT molecular complexity index is 1940. The van der Waals surface area contributed by atoms with E-state index in [1.54, 1.807) is 6.08 Å². The highest BCUT2D eigenvalue weighted by Gasteiger charge is 2.28. The molecule has 0 radical (unpaired) electrons. The lowest BCUT2D eigenvalue weighted by molar-refractivity contribution is -0.160. The van der Waals surface area contributed by atoms with E-state index in [-0.39, 0.29) is 19.3 Å². The minimum atomic E-state index is -4.82. The lowest BCUT2D eigenvalue weighted by Gasteiger charge is -2.21. The molecule has 12 heteroatoms. The molecule has 0 aromatic rings. The summed E-state index contributed by atoms with van der Waals surface area (Å²) in [6.45, 7) is 3.96. The lowest BCUT2D eigenvalue weighted by Crippen LogP contribution is -2.30. The van der Waals surface area contributed by atoms with Gasteiger partial charge in [0.2, 0.25) is 0 Å². The number of allylic oxidation sites excluding steroid dienone is 29. The molecule has 0 saturated heterocycles. The van der Waals surface area contributed by atoms with Gasteiger partial charge in [0.05, 0.1) is 26.2 Å². The average molecular weight is 1040 g/mol. The highest BCUT2D eigenvalue weighted by molar-refractivity contribution is 7.47. The maximum absolute atomic E-state index is 12.9. The number of aliphatic hydroxyl groups excluding tert-OH is 1. The summed E-state index contributed by atoms with van der Waals surface area (Å²) in [7, 11) is -4.82. The lowest BCUT2D eigenvalue weighted by atomic mass is 10.2. The summed E-state index contributed by atoms with van der Waals surface area (Å²) in [6.07, 6.45) is 73.5. The van der Waals surface area contributed by atoms with E-state index in [1.165, 1.54) is 0 Å². The zero-order valence-electron chi connectivity index (χ0n) is 45.0. The third kappa shape index (κ3) is 51.5. The van der Waals surface area contributed by atoms with Crippen molar-refractivity contribution in [2.24, 2.45) is 0 Å². The number of hydrogen-bond acceptors (Lipinski definition) is 10. The van der Waals surface area contributed by atoms with E-state index < -0.39 is 64.4 Å². The van der Waals surface area contributed by atoms with Crippen LogP contribution in [0, 0.1) is 0 Å². The van der Waals surface area contributed by atoms with Gasteiger partial charge in [0.15, 0.2) is 6.10 Å². The first kappa shape index (κ1) is 68.6. The number of hydrogen-bond donors (Lipinski definition) is 2. The minimum Gasteiger partial charge on any atom is -0.461 e. The second kappa shape index (κ2) is 53.9. The fourth-order valence-corrected chi connectivity index (χ4v) is 6.72. The van der Waals surface area contributed by atoms with Gasteiger partial charge in [0.25, 0.3) is 0 Å². The molecule has 0 heterocycles. The third-order valence-corrected chi connectivity index (χ3v) is 10.8. The van der Waals surface area contributed by atoms with Crippen molar-refractivity contribution in [3.8, 4) is 0 Å². The van der Waals surface area contributed by atoms with Crippen molar-refractivity contribution in [2.45, 2.75) is 161 Å². The average Bonchev–Trinajstić information content (AvgIpc) is 3.39. The van der Waals surface area contributed by atoms with Gasteiger partial charge in [-0.1, -0.05) is 203 Å². The fourth-order valence-electron chi connectivity index (χ4n) is 5.94. The maximum Gasteiger partial charge on any atom is 0.472 e. The predicted octanol–water partition coefficient (Wildman–Crippen LogP) is 15.7. The molecule has 0 amide bonds. The quantitative estimate of drug-likeness (QED) is 0.0259. The normalized spacial score (nSPS) is 14.8. The number of ether oxygens (including phenoxy) is 3. The van der Waals surface area contributed by atoms with Gasteiger partial charge in [-0.25, -0.2) is 4.57 Å². The molecule has 0 saturated carbocycles. The second-order valence-corrected chi connectivity index (χ2v) is 18.0. The van der Waals surface area contributed by atoms with Crippen LogP contribution in [0.2, 0.25) is 0 Å². The highest BCUT2D eigenvalue weighted by atomic mass is 31.2. The molecule has 0 fully saturated rings. The molecular formula is C62H91O11P. The Labute approximate surface area is 446 Å². The van der Waals surface area contributed by atoms with E-state index in [0.29, 0.717) is 25.7 Å². The van der Waals surface area contributed by atoms with Gasteiger partial charge in [-0.15, -0.1) is 0 Å². The zero-order chi connectivity index (χ0) is 54.1. The Morgan fingerprint density at radius 1 is 0.378 bits per heavy atom. The summed E-state index contributed by atoms with van der Waals surface area (Å²) in [4.78, 5) is 48.3. The Morgan fingerprint density at radius 3 is 0.959 bits per heavy atom.